The fourth-order valence-corrected chi connectivity index (χ4v) is 3.81. The summed E-state index contributed by atoms with van der Waals surface area (Å²) in [5, 5.41) is 20.5. The van der Waals surface area contributed by atoms with Crippen LogP contribution in [0.2, 0.25) is 0 Å². The number of fused-ring (bicyclic) bond motifs is 1. The van der Waals surface area contributed by atoms with Gasteiger partial charge < -0.3 is 19.5 Å². The van der Waals surface area contributed by atoms with Gasteiger partial charge in [-0.25, -0.2) is 4.79 Å². The number of benzene rings is 2. The largest absolute Gasteiger partial charge is 0.422 e. The molecule has 0 aliphatic carbocycles. The Hall–Kier alpha value is -2.96. The summed E-state index contributed by atoms with van der Waals surface area (Å²) in [6.07, 6.45) is 1.42. The number of hydrogen-bond acceptors (Lipinski definition) is 5. The van der Waals surface area contributed by atoms with Crippen molar-refractivity contribution in [3.8, 4) is 11.1 Å². The van der Waals surface area contributed by atoms with Gasteiger partial charge in [-0.3, -0.25) is 4.79 Å². The van der Waals surface area contributed by atoms with Crippen molar-refractivity contribution in [2.24, 2.45) is 0 Å². The Morgan fingerprint density at radius 1 is 1.07 bits per heavy atom. The maximum atomic E-state index is 13.0. The van der Waals surface area contributed by atoms with E-state index < -0.39 is 11.2 Å². The molecule has 1 aliphatic rings. The molecule has 0 saturated carbocycles. The van der Waals surface area contributed by atoms with Gasteiger partial charge in [-0.05, 0) is 49.1 Å². The van der Waals surface area contributed by atoms with Crippen molar-refractivity contribution in [1.82, 2.24) is 4.90 Å². The van der Waals surface area contributed by atoms with Crippen LogP contribution in [-0.4, -0.2) is 46.3 Å². The number of hydrogen-bond donors (Lipinski definition) is 2. The molecule has 1 unspecified atom stereocenters. The average molecular weight is 393 g/mol. The van der Waals surface area contributed by atoms with Crippen molar-refractivity contribution in [2.75, 3.05) is 19.7 Å². The number of carbonyl (C=O) groups is 1. The molecule has 2 aromatic carbocycles. The molecular weight excluding hydrogens is 370 g/mol. The van der Waals surface area contributed by atoms with Crippen LogP contribution < -0.4 is 5.63 Å². The molecule has 0 radical (unpaired) electrons. The van der Waals surface area contributed by atoms with E-state index in [1.54, 1.807) is 41.3 Å². The monoisotopic (exact) mass is 393 g/mol. The lowest BCUT2D eigenvalue weighted by Crippen LogP contribution is -2.36. The van der Waals surface area contributed by atoms with E-state index in [1.807, 2.05) is 18.2 Å². The van der Waals surface area contributed by atoms with Crippen LogP contribution in [0.15, 0.2) is 63.8 Å². The van der Waals surface area contributed by atoms with E-state index in [-0.39, 0.29) is 12.5 Å². The number of aliphatic hydroxyl groups excluding tert-OH is 1. The van der Waals surface area contributed by atoms with E-state index in [1.165, 1.54) is 0 Å². The third-order valence-corrected chi connectivity index (χ3v) is 5.56. The van der Waals surface area contributed by atoms with Gasteiger partial charge in [0.25, 0.3) is 5.91 Å². The molecule has 3 aromatic rings. The fraction of sp³-hybridized carbons (Fsp3) is 0.304. The number of likely N-dealkylation sites (tertiary alicyclic amines) is 1. The van der Waals surface area contributed by atoms with Crippen molar-refractivity contribution < 1.29 is 19.4 Å². The minimum Gasteiger partial charge on any atom is -0.422 e. The van der Waals surface area contributed by atoms with Crippen LogP contribution in [0, 0.1) is 0 Å². The molecule has 2 N–H and O–H groups in total. The van der Waals surface area contributed by atoms with Crippen LogP contribution in [0.3, 0.4) is 0 Å². The van der Waals surface area contributed by atoms with Crippen LogP contribution in [0.4, 0.5) is 0 Å². The molecule has 0 bridgehead atoms. The Balaban J connectivity index is 1.63. The highest BCUT2D eigenvalue weighted by molar-refractivity contribution is 5.95. The zero-order chi connectivity index (χ0) is 20.4. The molecule has 1 aromatic heterocycles. The first-order chi connectivity index (χ1) is 14.0. The van der Waals surface area contributed by atoms with Crippen molar-refractivity contribution >= 4 is 16.9 Å². The number of para-hydroxylation sites is 1. The van der Waals surface area contributed by atoms with Crippen molar-refractivity contribution in [3.05, 3.63) is 70.6 Å². The van der Waals surface area contributed by atoms with E-state index >= 15 is 0 Å². The molecule has 1 fully saturated rings. The van der Waals surface area contributed by atoms with E-state index in [2.05, 4.69) is 0 Å². The Morgan fingerprint density at radius 2 is 1.90 bits per heavy atom. The number of rotatable bonds is 3. The smallest absolute Gasteiger partial charge is 0.344 e. The highest BCUT2D eigenvalue weighted by Crippen LogP contribution is 2.25. The lowest BCUT2D eigenvalue weighted by Gasteiger charge is -2.24. The van der Waals surface area contributed by atoms with E-state index in [0.717, 1.165) is 5.39 Å². The van der Waals surface area contributed by atoms with Gasteiger partial charge in [0.1, 0.15) is 5.58 Å². The summed E-state index contributed by atoms with van der Waals surface area (Å²) in [7, 11) is 0. The molecule has 1 aliphatic heterocycles. The first-order valence-electron chi connectivity index (χ1n) is 9.75. The zero-order valence-electron chi connectivity index (χ0n) is 16.0. The predicted molar refractivity (Wildman–Crippen MR) is 110 cm³/mol. The minimum absolute atomic E-state index is 0.154. The minimum atomic E-state index is -1.12. The SMILES string of the molecule is O=C(c1cccc(-c2cc3ccccc3oc2=O)c1)N1CCCC(O)(CO)CC1. The van der Waals surface area contributed by atoms with Crippen molar-refractivity contribution in [2.45, 2.75) is 24.9 Å². The summed E-state index contributed by atoms with van der Waals surface area (Å²) in [5.74, 6) is -0.154. The quantitative estimate of drug-likeness (QED) is 0.668. The van der Waals surface area contributed by atoms with Crippen molar-refractivity contribution in [3.63, 3.8) is 0 Å². The summed E-state index contributed by atoms with van der Waals surface area (Å²) in [6.45, 7) is 0.587. The number of nitrogens with zero attached hydrogens (tertiary/aromatic N) is 1. The number of carbonyl (C=O) groups excluding carboxylic acids is 1. The maximum Gasteiger partial charge on any atom is 0.344 e. The molecule has 1 saturated heterocycles. The summed E-state index contributed by atoms with van der Waals surface area (Å²) in [4.78, 5) is 27.2. The van der Waals surface area contributed by atoms with E-state index in [9.17, 15) is 19.8 Å². The molecule has 6 nitrogen and oxygen atoms in total. The van der Waals surface area contributed by atoms with Gasteiger partial charge in [-0.2, -0.15) is 0 Å². The molecule has 29 heavy (non-hydrogen) atoms. The van der Waals surface area contributed by atoms with Gasteiger partial charge >= 0.3 is 5.63 Å². The Kier molecular flexibility index (Phi) is 5.22. The Bertz CT molecular complexity index is 1110. The van der Waals surface area contributed by atoms with Crippen molar-refractivity contribution in [1.29, 1.82) is 0 Å². The lowest BCUT2D eigenvalue weighted by atomic mass is 9.96. The van der Waals surface area contributed by atoms with Gasteiger partial charge in [-0.1, -0.05) is 30.3 Å². The van der Waals surface area contributed by atoms with Gasteiger partial charge in [0.15, 0.2) is 0 Å². The van der Waals surface area contributed by atoms with E-state index in [0.29, 0.717) is 54.6 Å². The third-order valence-electron chi connectivity index (χ3n) is 5.56. The lowest BCUT2D eigenvalue weighted by molar-refractivity contribution is -0.0250. The third kappa shape index (κ3) is 3.95. The predicted octanol–water partition coefficient (Wildman–Crippen LogP) is 2.81. The molecule has 150 valence electrons. The van der Waals surface area contributed by atoms with E-state index in [4.69, 9.17) is 4.42 Å². The Labute approximate surface area is 168 Å². The molecule has 2 heterocycles. The Morgan fingerprint density at radius 3 is 2.72 bits per heavy atom. The van der Waals surface area contributed by atoms with Gasteiger partial charge in [0, 0.05) is 24.0 Å². The highest BCUT2D eigenvalue weighted by atomic mass is 16.4. The first-order valence-corrected chi connectivity index (χ1v) is 9.75. The number of aliphatic hydroxyl groups is 2. The van der Waals surface area contributed by atoms with Gasteiger partial charge in [0.2, 0.25) is 0 Å². The summed E-state index contributed by atoms with van der Waals surface area (Å²) in [5.41, 5.74) is 0.455. The van der Waals surface area contributed by atoms with Crippen LogP contribution in [0.5, 0.6) is 0 Å². The topological polar surface area (TPSA) is 91.0 Å². The highest BCUT2D eigenvalue weighted by Gasteiger charge is 2.31. The van der Waals surface area contributed by atoms with Crippen LogP contribution in [-0.2, 0) is 0 Å². The average Bonchev–Trinajstić information content (AvgIpc) is 2.95. The molecule has 0 spiro atoms. The van der Waals surface area contributed by atoms with Crippen LogP contribution in [0.25, 0.3) is 22.1 Å². The second-order valence-corrected chi connectivity index (χ2v) is 7.59. The van der Waals surface area contributed by atoms with Crippen LogP contribution >= 0.6 is 0 Å². The first kappa shape index (κ1) is 19.4. The second-order valence-electron chi connectivity index (χ2n) is 7.59. The molecular formula is C23H23NO5. The second kappa shape index (κ2) is 7.81. The molecule has 6 heteroatoms. The van der Waals surface area contributed by atoms with Gasteiger partial charge in [0.05, 0.1) is 17.8 Å². The maximum absolute atomic E-state index is 13.0. The molecule has 4 rings (SSSR count). The van der Waals surface area contributed by atoms with Gasteiger partial charge in [-0.15, -0.1) is 0 Å². The standard InChI is InChI=1S/C23H23NO5/c25-15-23(28)9-4-11-24(12-10-23)21(26)18-7-3-6-16(13-18)19-14-17-5-1-2-8-20(17)29-22(19)27/h1-3,5-8,13-14,25,28H,4,9-12,15H2. The zero-order valence-corrected chi connectivity index (χ0v) is 16.0. The summed E-state index contributed by atoms with van der Waals surface area (Å²) >= 11 is 0. The number of amides is 1. The summed E-state index contributed by atoms with van der Waals surface area (Å²) in [6, 6.07) is 16.0. The normalized spacial score (nSPS) is 19.9. The fourth-order valence-electron chi connectivity index (χ4n) is 3.81. The summed E-state index contributed by atoms with van der Waals surface area (Å²) < 4.78 is 5.41. The molecule has 1 atom stereocenters. The van der Waals surface area contributed by atoms with Crippen LogP contribution in [0.1, 0.15) is 29.6 Å². The molecule has 1 amide bonds.